The van der Waals surface area contributed by atoms with Gasteiger partial charge in [0.05, 0.1) is 25.1 Å². The second-order valence-corrected chi connectivity index (χ2v) is 8.10. The van der Waals surface area contributed by atoms with Crippen LogP contribution in [0.3, 0.4) is 0 Å². The van der Waals surface area contributed by atoms with Crippen LogP contribution in [0.1, 0.15) is 28.0 Å². The molecule has 3 aromatic rings. The molecule has 2 aromatic heterocycles. The number of carbonyl (C=O) groups is 1. The van der Waals surface area contributed by atoms with E-state index in [9.17, 15) is 4.79 Å². The highest BCUT2D eigenvalue weighted by Gasteiger charge is 2.20. The lowest BCUT2D eigenvalue weighted by molar-refractivity contribution is 0.0988. The first-order chi connectivity index (χ1) is 15.7. The normalized spacial score (nSPS) is 15.7. The lowest BCUT2D eigenvalue weighted by atomic mass is 9.99. The first-order valence-electron chi connectivity index (χ1n) is 11.0. The van der Waals surface area contributed by atoms with Crippen LogP contribution >= 0.6 is 0 Å². The Bertz CT molecular complexity index is 1140. The topological polar surface area (TPSA) is 106 Å². The Morgan fingerprint density at radius 3 is 2.94 bits per heavy atom. The van der Waals surface area contributed by atoms with Crippen LogP contribution in [0.25, 0.3) is 11.3 Å². The van der Waals surface area contributed by atoms with E-state index in [1.165, 1.54) is 5.56 Å². The molecular formula is C24H26N6O2. The van der Waals surface area contributed by atoms with E-state index < -0.39 is 0 Å². The lowest BCUT2D eigenvalue weighted by Crippen LogP contribution is -2.37. The summed E-state index contributed by atoms with van der Waals surface area (Å²) in [4.78, 5) is 28.6. The van der Waals surface area contributed by atoms with Crippen molar-refractivity contribution in [3.05, 3.63) is 59.7 Å². The lowest BCUT2D eigenvalue weighted by Gasteiger charge is -2.30. The van der Waals surface area contributed by atoms with Crippen molar-refractivity contribution in [2.75, 3.05) is 48.8 Å². The summed E-state index contributed by atoms with van der Waals surface area (Å²) in [5.41, 5.74) is 12.1. The summed E-state index contributed by atoms with van der Waals surface area (Å²) in [6.45, 7) is 3.91. The molecule has 1 saturated heterocycles. The fourth-order valence-electron chi connectivity index (χ4n) is 4.30. The van der Waals surface area contributed by atoms with Crippen molar-refractivity contribution in [2.24, 2.45) is 0 Å². The Morgan fingerprint density at radius 2 is 2.06 bits per heavy atom. The van der Waals surface area contributed by atoms with Crippen molar-refractivity contribution < 1.29 is 9.53 Å². The Kier molecular flexibility index (Phi) is 5.68. The summed E-state index contributed by atoms with van der Waals surface area (Å²) in [6.07, 6.45) is 7.41. The van der Waals surface area contributed by atoms with Gasteiger partial charge in [0.15, 0.2) is 11.6 Å². The van der Waals surface area contributed by atoms with Gasteiger partial charge in [0.25, 0.3) is 0 Å². The maximum Gasteiger partial charge on any atom is 0.189 e. The van der Waals surface area contributed by atoms with Crippen molar-refractivity contribution in [2.45, 2.75) is 19.3 Å². The van der Waals surface area contributed by atoms with Crippen LogP contribution in [-0.4, -0.2) is 53.6 Å². The van der Waals surface area contributed by atoms with E-state index in [1.807, 2.05) is 12.1 Å². The summed E-state index contributed by atoms with van der Waals surface area (Å²) in [6, 6.07) is 8.13. The summed E-state index contributed by atoms with van der Waals surface area (Å²) < 4.78 is 5.45. The predicted molar refractivity (Wildman–Crippen MR) is 124 cm³/mol. The maximum absolute atomic E-state index is 13.2. The minimum Gasteiger partial charge on any atom is -0.385 e. The number of anilines is 3. The van der Waals surface area contributed by atoms with Crippen LogP contribution in [0.2, 0.25) is 0 Å². The van der Waals surface area contributed by atoms with Gasteiger partial charge >= 0.3 is 0 Å². The molecule has 8 nitrogen and oxygen atoms in total. The van der Waals surface area contributed by atoms with Crippen LogP contribution in [0.4, 0.5) is 17.2 Å². The number of aryl methyl sites for hydroxylation is 1. The van der Waals surface area contributed by atoms with E-state index in [0.29, 0.717) is 18.9 Å². The molecular weight excluding hydrogens is 404 g/mol. The number of ketones is 1. The molecule has 2 aliphatic rings. The highest BCUT2D eigenvalue weighted by atomic mass is 16.5. The average molecular weight is 431 g/mol. The smallest absolute Gasteiger partial charge is 0.189 e. The number of nitrogens with zero attached hydrogens (tertiary/aromatic N) is 4. The van der Waals surface area contributed by atoms with Gasteiger partial charge < -0.3 is 20.7 Å². The molecule has 0 bridgehead atoms. The minimum absolute atomic E-state index is 0.148. The number of nitrogen functional groups attached to an aromatic ring is 1. The highest BCUT2D eigenvalue weighted by molar-refractivity contribution is 6.00. The monoisotopic (exact) mass is 430 g/mol. The van der Waals surface area contributed by atoms with Crippen LogP contribution in [-0.2, 0) is 17.6 Å². The summed E-state index contributed by atoms with van der Waals surface area (Å²) >= 11 is 0. The zero-order chi connectivity index (χ0) is 21.9. The number of rotatable bonds is 5. The van der Waals surface area contributed by atoms with E-state index in [1.54, 1.807) is 18.6 Å². The fraction of sp³-hybridized carbons (Fsp3) is 0.333. The molecule has 32 heavy (non-hydrogen) atoms. The van der Waals surface area contributed by atoms with Gasteiger partial charge in [-0.05, 0) is 36.6 Å². The molecule has 0 spiro atoms. The zero-order valence-electron chi connectivity index (χ0n) is 17.9. The number of morpholine rings is 1. The van der Waals surface area contributed by atoms with E-state index in [-0.39, 0.29) is 23.7 Å². The second kappa shape index (κ2) is 8.92. The molecule has 0 saturated carbocycles. The molecule has 0 radical (unpaired) electrons. The molecule has 8 heteroatoms. The third kappa shape index (κ3) is 4.13. The molecule has 5 rings (SSSR count). The number of hydrogen-bond donors (Lipinski definition) is 2. The van der Waals surface area contributed by atoms with E-state index >= 15 is 0 Å². The number of pyridine rings is 1. The quantitative estimate of drug-likeness (QED) is 0.595. The SMILES string of the molecule is Nc1ncc(-c2ccc3c(c2)CCCN3)nc1C(=O)Cc1cnccc1N1CCOCC1. The van der Waals surface area contributed by atoms with E-state index in [2.05, 4.69) is 37.3 Å². The van der Waals surface area contributed by atoms with Crippen molar-refractivity contribution in [3.8, 4) is 11.3 Å². The van der Waals surface area contributed by atoms with Gasteiger partial charge in [-0.3, -0.25) is 9.78 Å². The van der Waals surface area contributed by atoms with Gasteiger partial charge in [0.2, 0.25) is 0 Å². The molecule has 3 N–H and O–H groups in total. The molecule has 2 aliphatic heterocycles. The predicted octanol–water partition coefficient (Wildman–Crippen LogP) is 2.74. The molecule has 1 fully saturated rings. The molecule has 4 heterocycles. The first-order valence-corrected chi connectivity index (χ1v) is 11.0. The van der Waals surface area contributed by atoms with Crippen LogP contribution in [0.5, 0.6) is 0 Å². The van der Waals surface area contributed by atoms with Gasteiger partial charge in [-0.2, -0.15) is 0 Å². The van der Waals surface area contributed by atoms with Crippen molar-refractivity contribution >= 4 is 23.0 Å². The number of Topliss-reactive ketones (excluding diaryl/α,β-unsaturated/α-hetero) is 1. The molecule has 0 atom stereocenters. The van der Waals surface area contributed by atoms with Gasteiger partial charge in [-0.15, -0.1) is 0 Å². The van der Waals surface area contributed by atoms with E-state index in [4.69, 9.17) is 10.5 Å². The molecule has 164 valence electrons. The number of nitrogens with one attached hydrogen (secondary N) is 1. The Balaban J connectivity index is 1.42. The first kappa shape index (κ1) is 20.4. The van der Waals surface area contributed by atoms with Crippen molar-refractivity contribution in [1.82, 2.24) is 15.0 Å². The number of aromatic nitrogens is 3. The third-order valence-corrected chi connectivity index (χ3v) is 5.98. The average Bonchev–Trinajstić information content (AvgIpc) is 2.85. The highest BCUT2D eigenvalue weighted by Crippen LogP contribution is 2.28. The zero-order valence-corrected chi connectivity index (χ0v) is 17.9. The molecule has 1 aromatic carbocycles. The Labute approximate surface area is 186 Å². The van der Waals surface area contributed by atoms with Gasteiger partial charge in [0.1, 0.15) is 5.69 Å². The number of hydrogen-bond acceptors (Lipinski definition) is 8. The fourth-order valence-corrected chi connectivity index (χ4v) is 4.30. The number of nitrogens with two attached hydrogens (primary N) is 1. The largest absolute Gasteiger partial charge is 0.385 e. The maximum atomic E-state index is 13.2. The Morgan fingerprint density at radius 1 is 1.19 bits per heavy atom. The van der Waals surface area contributed by atoms with Gasteiger partial charge in [-0.1, -0.05) is 6.07 Å². The number of benzene rings is 1. The van der Waals surface area contributed by atoms with Crippen molar-refractivity contribution in [1.29, 1.82) is 0 Å². The van der Waals surface area contributed by atoms with Crippen LogP contribution < -0.4 is 16.0 Å². The summed E-state index contributed by atoms with van der Waals surface area (Å²) in [5, 5.41) is 3.41. The number of carbonyl (C=O) groups excluding carboxylic acids is 1. The number of ether oxygens (including phenoxy) is 1. The molecule has 0 aliphatic carbocycles. The summed E-state index contributed by atoms with van der Waals surface area (Å²) in [5.74, 6) is -0.0193. The molecule has 0 amide bonds. The van der Waals surface area contributed by atoms with Gasteiger partial charge in [-0.25, -0.2) is 9.97 Å². The van der Waals surface area contributed by atoms with Crippen molar-refractivity contribution in [3.63, 3.8) is 0 Å². The molecule has 0 unspecified atom stereocenters. The third-order valence-electron chi connectivity index (χ3n) is 5.98. The van der Waals surface area contributed by atoms with Crippen LogP contribution in [0, 0.1) is 0 Å². The summed E-state index contributed by atoms with van der Waals surface area (Å²) in [7, 11) is 0. The standard InChI is InChI=1S/C24H26N6O2/c25-24-23(22(31)13-18-14-26-7-5-21(18)30-8-10-32-11-9-30)29-20(15-28-24)17-3-4-19-16(12-17)2-1-6-27-19/h3-5,7,12,14-15,27H,1-2,6,8-11,13H2,(H2,25,28). The van der Waals surface area contributed by atoms with Crippen LogP contribution in [0.15, 0.2) is 42.9 Å². The number of fused-ring (bicyclic) bond motifs is 1. The minimum atomic E-state index is -0.168. The van der Waals surface area contributed by atoms with Gasteiger partial charge in [0, 0.05) is 61.0 Å². The van der Waals surface area contributed by atoms with E-state index in [0.717, 1.165) is 55.0 Å². The Hall–Kier alpha value is -3.52. The second-order valence-electron chi connectivity index (χ2n) is 8.10.